The number of rotatable bonds is 6. The van der Waals surface area contributed by atoms with Crippen molar-refractivity contribution in [3.8, 4) is 23.3 Å². The Bertz CT molecular complexity index is 1100. The fraction of sp³-hybridized carbons (Fsp3) is 0.364. The topological polar surface area (TPSA) is 103 Å². The summed E-state index contributed by atoms with van der Waals surface area (Å²) in [6.45, 7) is 3.07. The Labute approximate surface area is 175 Å². The minimum Gasteiger partial charge on any atom is -0.493 e. The van der Waals surface area contributed by atoms with Crippen LogP contribution in [0.4, 0.5) is 0 Å². The minimum atomic E-state index is -0.669. The zero-order valence-electron chi connectivity index (χ0n) is 17.9. The van der Waals surface area contributed by atoms with Crippen LogP contribution in [0.15, 0.2) is 40.5 Å². The summed E-state index contributed by atoms with van der Waals surface area (Å²) >= 11 is 0. The number of methoxy groups -OCH3 is 2. The molecule has 0 saturated carbocycles. The van der Waals surface area contributed by atoms with Crippen LogP contribution >= 0.6 is 0 Å². The average Bonchev–Trinajstić information content (AvgIpc) is 2.71. The third-order valence-electron chi connectivity index (χ3n) is 5.20. The first-order valence-corrected chi connectivity index (χ1v) is 9.50. The van der Waals surface area contributed by atoms with Crippen LogP contribution in [0, 0.1) is 18.3 Å². The predicted molar refractivity (Wildman–Crippen MR) is 113 cm³/mol. The first-order valence-electron chi connectivity index (χ1n) is 9.50. The van der Waals surface area contributed by atoms with Gasteiger partial charge in [-0.05, 0) is 38.7 Å². The number of aromatic nitrogens is 1. The molecule has 2 N–H and O–H groups in total. The van der Waals surface area contributed by atoms with Crippen molar-refractivity contribution in [3.63, 3.8) is 0 Å². The van der Waals surface area contributed by atoms with Crippen molar-refractivity contribution < 1.29 is 14.2 Å². The van der Waals surface area contributed by atoms with E-state index in [9.17, 15) is 10.1 Å². The molecule has 0 radical (unpaired) electrons. The van der Waals surface area contributed by atoms with Crippen LogP contribution in [-0.2, 0) is 6.54 Å². The Morgan fingerprint density at radius 2 is 1.93 bits per heavy atom. The molecule has 1 aromatic heterocycles. The van der Waals surface area contributed by atoms with Crippen LogP contribution in [-0.4, -0.2) is 44.3 Å². The number of nitrogens with zero attached hydrogens (tertiary/aromatic N) is 3. The van der Waals surface area contributed by atoms with Crippen LogP contribution in [0.5, 0.6) is 17.2 Å². The number of nitrogens with two attached hydrogens (primary N) is 1. The molecule has 8 heteroatoms. The number of pyridine rings is 1. The van der Waals surface area contributed by atoms with Gasteiger partial charge >= 0.3 is 0 Å². The second kappa shape index (κ2) is 8.51. The van der Waals surface area contributed by atoms with Crippen molar-refractivity contribution in [1.29, 1.82) is 5.26 Å². The number of fused-ring (bicyclic) bond motifs is 1. The van der Waals surface area contributed by atoms with Crippen LogP contribution in [0.2, 0.25) is 0 Å². The lowest BCUT2D eigenvalue weighted by atomic mass is 9.84. The van der Waals surface area contributed by atoms with Crippen molar-refractivity contribution in [2.45, 2.75) is 19.4 Å². The third-order valence-corrected chi connectivity index (χ3v) is 5.20. The highest BCUT2D eigenvalue weighted by Crippen LogP contribution is 2.42. The van der Waals surface area contributed by atoms with Gasteiger partial charge in [0.1, 0.15) is 17.4 Å². The Kier molecular flexibility index (Phi) is 6.04. The molecule has 0 saturated heterocycles. The number of hydrogen-bond acceptors (Lipinski definition) is 7. The summed E-state index contributed by atoms with van der Waals surface area (Å²) in [6, 6.07) is 9.22. The second-order valence-electron chi connectivity index (χ2n) is 7.36. The van der Waals surface area contributed by atoms with Crippen molar-refractivity contribution in [2.24, 2.45) is 5.73 Å². The van der Waals surface area contributed by atoms with Gasteiger partial charge < -0.3 is 29.4 Å². The van der Waals surface area contributed by atoms with E-state index in [4.69, 9.17) is 19.9 Å². The summed E-state index contributed by atoms with van der Waals surface area (Å²) < 4.78 is 18.1. The summed E-state index contributed by atoms with van der Waals surface area (Å²) in [5, 5.41) is 9.80. The van der Waals surface area contributed by atoms with Gasteiger partial charge in [-0.15, -0.1) is 0 Å². The maximum absolute atomic E-state index is 13.5. The lowest BCUT2D eigenvalue weighted by Crippen LogP contribution is -2.34. The molecule has 3 rings (SSSR count). The smallest absolute Gasteiger partial charge is 0.258 e. The maximum Gasteiger partial charge on any atom is 0.258 e. The lowest BCUT2D eigenvalue weighted by Gasteiger charge is -2.28. The lowest BCUT2D eigenvalue weighted by molar-refractivity contribution is 0.354. The molecule has 2 heterocycles. The largest absolute Gasteiger partial charge is 0.493 e. The van der Waals surface area contributed by atoms with Gasteiger partial charge in [-0.2, -0.15) is 5.26 Å². The van der Waals surface area contributed by atoms with Crippen molar-refractivity contribution >= 4 is 0 Å². The van der Waals surface area contributed by atoms with Crippen LogP contribution < -0.4 is 25.5 Å². The number of nitriles is 1. The number of ether oxygens (including phenoxy) is 3. The zero-order valence-corrected chi connectivity index (χ0v) is 17.9. The molecule has 1 aromatic carbocycles. The van der Waals surface area contributed by atoms with E-state index in [0.717, 1.165) is 5.69 Å². The van der Waals surface area contributed by atoms with Crippen LogP contribution in [0.25, 0.3) is 0 Å². The molecule has 0 fully saturated rings. The van der Waals surface area contributed by atoms with E-state index < -0.39 is 5.92 Å². The van der Waals surface area contributed by atoms with Gasteiger partial charge in [0, 0.05) is 24.8 Å². The van der Waals surface area contributed by atoms with E-state index in [1.54, 1.807) is 35.9 Å². The summed E-state index contributed by atoms with van der Waals surface area (Å²) in [7, 11) is 6.98. The minimum absolute atomic E-state index is 0.00498. The monoisotopic (exact) mass is 410 g/mol. The molecule has 1 aliphatic rings. The molecule has 158 valence electrons. The molecule has 8 nitrogen and oxygen atoms in total. The Hall–Kier alpha value is -3.44. The van der Waals surface area contributed by atoms with Crippen LogP contribution in [0.1, 0.15) is 22.7 Å². The SMILES string of the molecule is COc1ccc([C@@H]2C(C#N)=C(N)Oc3cc(C)n(CCN(C)C)c(=O)c32)cc1OC. The highest BCUT2D eigenvalue weighted by atomic mass is 16.5. The van der Waals surface area contributed by atoms with E-state index in [1.807, 2.05) is 25.9 Å². The summed E-state index contributed by atoms with van der Waals surface area (Å²) in [5.41, 5.74) is 7.89. The average molecular weight is 410 g/mol. The quantitative estimate of drug-likeness (QED) is 0.776. The molecule has 0 bridgehead atoms. The van der Waals surface area contributed by atoms with E-state index in [0.29, 0.717) is 41.5 Å². The van der Waals surface area contributed by atoms with E-state index in [2.05, 4.69) is 6.07 Å². The van der Waals surface area contributed by atoms with Gasteiger partial charge in [0.2, 0.25) is 5.88 Å². The first-order chi connectivity index (χ1) is 14.3. The van der Waals surface area contributed by atoms with Gasteiger partial charge in [-0.3, -0.25) is 4.79 Å². The third kappa shape index (κ3) is 3.72. The molecule has 1 aliphatic heterocycles. The van der Waals surface area contributed by atoms with E-state index in [-0.39, 0.29) is 17.0 Å². The molecule has 2 aromatic rings. The predicted octanol–water partition coefficient (Wildman–Crippen LogP) is 1.95. The maximum atomic E-state index is 13.5. The van der Waals surface area contributed by atoms with Crippen molar-refractivity contribution in [1.82, 2.24) is 9.47 Å². The number of allylic oxidation sites excluding steroid dienone is 1. The fourth-order valence-electron chi connectivity index (χ4n) is 3.63. The number of benzene rings is 1. The van der Waals surface area contributed by atoms with Gasteiger partial charge in [0.05, 0.1) is 25.7 Å². The molecule has 1 atom stereocenters. The molecule has 30 heavy (non-hydrogen) atoms. The highest BCUT2D eigenvalue weighted by Gasteiger charge is 2.34. The number of aryl methyl sites for hydroxylation is 1. The molecule has 0 unspecified atom stereocenters. The Morgan fingerprint density at radius 1 is 1.23 bits per heavy atom. The Balaban J connectivity index is 2.25. The van der Waals surface area contributed by atoms with Crippen molar-refractivity contribution in [2.75, 3.05) is 34.9 Å². The van der Waals surface area contributed by atoms with Gasteiger partial charge in [-0.1, -0.05) is 6.07 Å². The second-order valence-corrected chi connectivity index (χ2v) is 7.36. The van der Waals surface area contributed by atoms with E-state index in [1.165, 1.54) is 7.11 Å². The molecule has 0 amide bonds. The summed E-state index contributed by atoms with van der Waals surface area (Å²) in [6.07, 6.45) is 0. The van der Waals surface area contributed by atoms with Crippen LogP contribution in [0.3, 0.4) is 0 Å². The number of likely N-dealkylation sites (N-methyl/N-ethyl adjacent to an activating group) is 1. The highest BCUT2D eigenvalue weighted by molar-refractivity contribution is 5.57. The van der Waals surface area contributed by atoms with Gasteiger partial charge in [-0.25, -0.2) is 0 Å². The standard InChI is InChI=1S/C22H26N4O4/c1-13-10-18-20(22(27)26(13)9-8-25(2)3)19(15(12-23)21(24)30-18)14-6-7-16(28-4)17(11-14)29-5/h6-7,10-11,19H,8-9,24H2,1-5H3/t19-/m1/s1. The molecular formula is C22H26N4O4. The summed E-state index contributed by atoms with van der Waals surface area (Å²) in [4.78, 5) is 15.5. The summed E-state index contributed by atoms with van der Waals surface area (Å²) in [5.74, 6) is 0.747. The normalized spacial score (nSPS) is 15.4. The zero-order chi connectivity index (χ0) is 22.0. The number of hydrogen-bond donors (Lipinski definition) is 1. The van der Waals surface area contributed by atoms with Gasteiger partial charge in [0.25, 0.3) is 5.56 Å². The van der Waals surface area contributed by atoms with Gasteiger partial charge in [0.15, 0.2) is 11.5 Å². The van der Waals surface area contributed by atoms with Crippen molar-refractivity contribution in [3.05, 3.63) is 62.9 Å². The van der Waals surface area contributed by atoms with E-state index >= 15 is 0 Å². The Morgan fingerprint density at radius 3 is 2.53 bits per heavy atom. The molecule has 0 aliphatic carbocycles. The first kappa shape index (κ1) is 21.3. The molecule has 0 spiro atoms. The molecular weight excluding hydrogens is 384 g/mol. The fourth-order valence-corrected chi connectivity index (χ4v) is 3.63.